The molecule has 0 bridgehead atoms. The number of aliphatic carboxylic acids is 1. The van der Waals surface area contributed by atoms with Gasteiger partial charge in [0.15, 0.2) is 0 Å². The van der Waals surface area contributed by atoms with Gasteiger partial charge in [-0.25, -0.2) is 4.79 Å². The van der Waals surface area contributed by atoms with E-state index in [0.717, 1.165) is 5.57 Å². The fraction of sp³-hybridized carbons (Fsp3) is 0.375. The van der Waals surface area contributed by atoms with E-state index < -0.39 is 12.0 Å². The summed E-state index contributed by atoms with van der Waals surface area (Å²) in [6.07, 6.45) is 1.94. The van der Waals surface area contributed by atoms with E-state index in [1.54, 1.807) is 24.3 Å². The van der Waals surface area contributed by atoms with Crippen molar-refractivity contribution in [2.75, 3.05) is 13.7 Å². The predicted molar refractivity (Wildman–Crippen MR) is 80.6 cm³/mol. The van der Waals surface area contributed by atoms with Crippen molar-refractivity contribution in [2.24, 2.45) is 0 Å². The zero-order valence-electron chi connectivity index (χ0n) is 12.8. The quantitative estimate of drug-likeness (QED) is 0.818. The highest BCUT2D eigenvalue weighted by atomic mass is 16.5. The molecule has 1 aromatic rings. The molecule has 1 unspecified atom stereocenters. The Balaban J connectivity index is 2.82. The van der Waals surface area contributed by atoms with Crippen LogP contribution in [-0.4, -0.2) is 41.6 Å². The number of amides is 1. The maximum absolute atomic E-state index is 12.2. The Hall–Kier alpha value is -2.30. The number of carboxylic acid groups (broad SMARTS) is 1. The van der Waals surface area contributed by atoms with Crippen molar-refractivity contribution in [2.45, 2.75) is 26.8 Å². The molecule has 0 saturated heterocycles. The molecule has 114 valence electrons. The number of ether oxygens (including phenoxy) is 1. The highest BCUT2D eigenvalue weighted by Crippen LogP contribution is 2.16. The number of carbonyl (C=O) groups is 2. The van der Waals surface area contributed by atoms with Crippen molar-refractivity contribution >= 4 is 11.9 Å². The monoisotopic (exact) mass is 291 g/mol. The summed E-state index contributed by atoms with van der Waals surface area (Å²) in [5, 5.41) is 8.95. The molecule has 1 amide bonds. The highest BCUT2D eigenvalue weighted by Gasteiger charge is 2.22. The SMILES string of the molecule is CC(C)=CCOc1cccc(C(=O)N(C)C(C)C(=O)O)c1. The molecule has 0 heterocycles. The number of rotatable bonds is 6. The molecule has 0 aliphatic heterocycles. The third-order valence-corrected chi connectivity index (χ3v) is 3.08. The van der Waals surface area contributed by atoms with Crippen LogP contribution in [0.3, 0.4) is 0 Å². The molecule has 5 nitrogen and oxygen atoms in total. The van der Waals surface area contributed by atoms with Crippen molar-refractivity contribution in [1.29, 1.82) is 0 Å². The van der Waals surface area contributed by atoms with Crippen LogP contribution in [-0.2, 0) is 4.79 Å². The van der Waals surface area contributed by atoms with Gasteiger partial charge in [-0.3, -0.25) is 4.79 Å². The lowest BCUT2D eigenvalue weighted by molar-refractivity contribution is -0.141. The van der Waals surface area contributed by atoms with Crippen molar-refractivity contribution in [3.05, 3.63) is 41.5 Å². The van der Waals surface area contributed by atoms with E-state index in [4.69, 9.17) is 9.84 Å². The zero-order valence-corrected chi connectivity index (χ0v) is 12.8. The van der Waals surface area contributed by atoms with Gasteiger partial charge < -0.3 is 14.7 Å². The van der Waals surface area contributed by atoms with Gasteiger partial charge in [0.05, 0.1) is 0 Å². The van der Waals surface area contributed by atoms with E-state index >= 15 is 0 Å². The zero-order chi connectivity index (χ0) is 16.0. The van der Waals surface area contributed by atoms with Gasteiger partial charge >= 0.3 is 5.97 Å². The van der Waals surface area contributed by atoms with E-state index in [1.807, 2.05) is 19.9 Å². The van der Waals surface area contributed by atoms with Gasteiger partial charge in [-0.1, -0.05) is 11.6 Å². The number of carboxylic acids is 1. The van der Waals surface area contributed by atoms with E-state index in [0.29, 0.717) is 17.9 Å². The van der Waals surface area contributed by atoms with Crippen LogP contribution in [0.5, 0.6) is 5.75 Å². The maximum Gasteiger partial charge on any atom is 0.326 e. The van der Waals surface area contributed by atoms with Gasteiger partial charge in [0.1, 0.15) is 18.4 Å². The second-order valence-electron chi connectivity index (χ2n) is 5.05. The van der Waals surface area contributed by atoms with Crippen molar-refractivity contribution in [1.82, 2.24) is 4.90 Å². The molecule has 0 aromatic heterocycles. The lowest BCUT2D eigenvalue weighted by atomic mass is 10.1. The Kier molecular flexibility index (Phi) is 5.96. The van der Waals surface area contributed by atoms with Crippen molar-refractivity contribution in [3.63, 3.8) is 0 Å². The minimum Gasteiger partial charge on any atom is -0.490 e. The van der Waals surface area contributed by atoms with Crippen LogP contribution < -0.4 is 4.74 Å². The molecule has 5 heteroatoms. The van der Waals surface area contributed by atoms with Crippen LogP contribution in [0.2, 0.25) is 0 Å². The summed E-state index contributed by atoms with van der Waals surface area (Å²) in [5.74, 6) is -0.811. The average Bonchev–Trinajstić information content (AvgIpc) is 2.44. The summed E-state index contributed by atoms with van der Waals surface area (Å²) in [6.45, 7) is 5.86. The van der Waals surface area contributed by atoms with Crippen LogP contribution in [0.1, 0.15) is 31.1 Å². The third kappa shape index (κ3) is 4.95. The van der Waals surface area contributed by atoms with Crippen molar-refractivity contribution in [3.8, 4) is 5.75 Å². The molecule has 1 aromatic carbocycles. The van der Waals surface area contributed by atoms with Gasteiger partial charge in [0.25, 0.3) is 5.91 Å². The standard InChI is InChI=1S/C16H21NO4/c1-11(2)8-9-21-14-7-5-6-13(10-14)15(18)17(4)12(3)16(19)20/h5-8,10,12H,9H2,1-4H3,(H,19,20). The number of likely N-dealkylation sites (N-methyl/N-ethyl adjacent to an activating group) is 1. The summed E-state index contributed by atoms with van der Waals surface area (Å²) < 4.78 is 5.53. The Morgan fingerprint density at radius 2 is 2.05 bits per heavy atom. The molecule has 0 spiro atoms. The topological polar surface area (TPSA) is 66.8 Å². The lowest BCUT2D eigenvalue weighted by Crippen LogP contribution is -2.40. The van der Waals surface area contributed by atoms with E-state index in [9.17, 15) is 9.59 Å². The van der Waals surface area contributed by atoms with E-state index in [-0.39, 0.29) is 5.91 Å². The highest BCUT2D eigenvalue weighted by molar-refractivity contribution is 5.96. The summed E-state index contributed by atoms with van der Waals surface area (Å²) in [6, 6.07) is 5.85. The maximum atomic E-state index is 12.2. The molecule has 21 heavy (non-hydrogen) atoms. The van der Waals surface area contributed by atoms with Crippen LogP contribution in [0.25, 0.3) is 0 Å². The average molecular weight is 291 g/mol. The molecular formula is C16H21NO4. The van der Waals surface area contributed by atoms with Gasteiger partial charge in [-0.2, -0.15) is 0 Å². The summed E-state index contributed by atoms with van der Waals surface area (Å²) in [7, 11) is 1.47. The molecule has 1 rings (SSSR count). The molecule has 0 saturated carbocycles. The summed E-state index contributed by atoms with van der Waals surface area (Å²) in [5.41, 5.74) is 1.55. The van der Waals surface area contributed by atoms with E-state index in [2.05, 4.69) is 0 Å². The molecule has 0 radical (unpaired) electrons. The molecule has 0 fully saturated rings. The molecule has 0 aliphatic carbocycles. The number of carbonyl (C=O) groups excluding carboxylic acids is 1. The van der Waals surface area contributed by atoms with Crippen LogP contribution in [0, 0.1) is 0 Å². The first-order valence-electron chi connectivity index (χ1n) is 6.69. The number of hydrogen-bond donors (Lipinski definition) is 1. The Morgan fingerprint density at radius 1 is 1.38 bits per heavy atom. The van der Waals surface area contributed by atoms with Gasteiger partial charge in [0, 0.05) is 12.6 Å². The smallest absolute Gasteiger partial charge is 0.326 e. The number of hydrogen-bond acceptors (Lipinski definition) is 3. The second kappa shape index (κ2) is 7.47. The fourth-order valence-corrected chi connectivity index (χ4v) is 1.57. The first-order valence-corrected chi connectivity index (χ1v) is 6.69. The number of benzene rings is 1. The second-order valence-corrected chi connectivity index (χ2v) is 5.05. The minimum absolute atomic E-state index is 0.349. The third-order valence-electron chi connectivity index (χ3n) is 3.08. The van der Waals surface area contributed by atoms with Crippen LogP contribution in [0.15, 0.2) is 35.9 Å². The Labute approximate surface area is 124 Å². The van der Waals surface area contributed by atoms with Crippen LogP contribution >= 0.6 is 0 Å². The van der Waals surface area contributed by atoms with Crippen LogP contribution in [0.4, 0.5) is 0 Å². The molecule has 0 aliphatic rings. The number of allylic oxidation sites excluding steroid dienone is 1. The molecule has 1 N–H and O–H groups in total. The van der Waals surface area contributed by atoms with Gasteiger partial charge in [-0.15, -0.1) is 0 Å². The normalized spacial score (nSPS) is 11.4. The molecule has 1 atom stereocenters. The van der Waals surface area contributed by atoms with Gasteiger partial charge in [-0.05, 0) is 45.0 Å². The summed E-state index contributed by atoms with van der Waals surface area (Å²) in [4.78, 5) is 24.3. The first-order chi connectivity index (χ1) is 9.82. The Bertz CT molecular complexity index is 547. The van der Waals surface area contributed by atoms with E-state index in [1.165, 1.54) is 18.9 Å². The molecular weight excluding hydrogens is 270 g/mol. The first kappa shape index (κ1) is 16.8. The fourth-order valence-electron chi connectivity index (χ4n) is 1.57. The largest absolute Gasteiger partial charge is 0.490 e. The predicted octanol–water partition coefficient (Wildman–Crippen LogP) is 2.58. The Morgan fingerprint density at radius 3 is 2.62 bits per heavy atom. The summed E-state index contributed by atoms with van der Waals surface area (Å²) >= 11 is 0. The van der Waals surface area contributed by atoms with Gasteiger partial charge in [0.2, 0.25) is 0 Å². The number of nitrogens with zero attached hydrogens (tertiary/aromatic N) is 1. The minimum atomic E-state index is -1.04. The van der Waals surface area contributed by atoms with Crippen molar-refractivity contribution < 1.29 is 19.4 Å². The lowest BCUT2D eigenvalue weighted by Gasteiger charge is -2.21.